The SMILES string of the molecule is [CH2-]CCOCCNC(C)C.[Li+]. The van der Waals surface area contributed by atoms with E-state index in [1.807, 2.05) is 0 Å². The van der Waals surface area contributed by atoms with E-state index in [0.717, 1.165) is 26.2 Å². The Morgan fingerprint density at radius 3 is 2.45 bits per heavy atom. The van der Waals surface area contributed by atoms with Gasteiger partial charge in [0.2, 0.25) is 0 Å². The topological polar surface area (TPSA) is 21.3 Å². The molecule has 0 saturated heterocycles. The molecular weight excluding hydrogens is 133 g/mol. The van der Waals surface area contributed by atoms with E-state index in [9.17, 15) is 0 Å². The van der Waals surface area contributed by atoms with Gasteiger partial charge in [0.15, 0.2) is 0 Å². The Kier molecular flexibility index (Phi) is 13.4. The molecular formula is C8H18LiNO. The number of rotatable bonds is 6. The normalized spacial score (nSPS) is 9.82. The molecule has 62 valence electrons. The van der Waals surface area contributed by atoms with E-state index in [2.05, 4.69) is 26.1 Å². The Labute approximate surface area is 82.3 Å². The maximum absolute atomic E-state index is 5.21. The summed E-state index contributed by atoms with van der Waals surface area (Å²) in [5, 5.41) is 3.26. The molecule has 0 heterocycles. The molecule has 0 saturated carbocycles. The van der Waals surface area contributed by atoms with Crippen LogP contribution in [-0.4, -0.2) is 25.8 Å². The second-order valence-corrected chi connectivity index (χ2v) is 2.57. The third-order valence-corrected chi connectivity index (χ3v) is 1.09. The molecule has 11 heavy (non-hydrogen) atoms. The summed E-state index contributed by atoms with van der Waals surface area (Å²) in [6.07, 6.45) is 0.863. The van der Waals surface area contributed by atoms with Gasteiger partial charge in [-0.05, 0) is 0 Å². The standard InChI is InChI=1S/C8H18NO.Li/c1-4-6-10-7-5-9-8(2)3;/h8-9H,1,4-7H2,2-3H3;/q-1;+1. The number of hydrogen-bond acceptors (Lipinski definition) is 2. The third-order valence-electron chi connectivity index (χ3n) is 1.09. The largest absolute Gasteiger partial charge is 1.00 e. The van der Waals surface area contributed by atoms with E-state index >= 15 is 0 Å². The van der Waals surface area contributed by atoms with Gasteiger partial charge in [-0.3, -0.25) is 0 Å². The van der Waals surface area contributed by atoms with Gasteiger partial charge < -0.3 is 17.0 Å². The molecule has 0 bridgehead atoms. The van der Waals surface area contributed by atoms with Gasteiger partial charge in [-0.15, -0.1) is 0 Å². The molecule has 0 unspecified atom stereocenters. The summed E-state index contributed by atoms with van der Waals surface area (Å²) in [6.45, 7) is 10.4. The Hall–Kier alpha value is 0.517. The molecule has 2 nitrogen and oxygen atoms in total. The van der Waals surface area contributed by atoms with Crippen molar-refractivity contribution < 1.29 is 23.6 Å². The van der Waals surface area contributed by atoms with Crippen LogP contribution in [0.3, 0.4) is 0 Å². The molecule has 0 fully saturated rings. The van der Waals surface area contributed by atoms with Crippen molar-refractivity contribution in [2.24, 2.45) is 0 Å². The van der Waals surface area contributed by atoms with Crippen molar-refractivity contribution in [2.45, 2.75) is 26.3 Å². The van der Waals surface area contributed by atoms with Crippen LogP contribution in [-0.2, 0) is 4.74 Å². The van der Waals surface area contributed by atoms with Gasteiger partial charge in [0.25, 0.3) is 0 Å². The number of ether oxygens (including phenoxy) is 1. The summed E-state index contributed by atoms with van der Waals surface area (Å²) in [7, 11) is 0. The average molecular weight is 151 g/mol. The fourth-order valence-electron chi connectivity index (χ4n) is 0.624. The van der Waals surface area contributed by atoms with Crippen LogP contribution in [0.2, 0.25) is 0 Å². The maximum Gasteiger partial charge on any atom is 1.00 e. The van der Waals surface area contributed by atoms with E-state index in [1.54, 1.807) is 0 Å². The smallest absolute Gasteiger partial charge is 0.383 e. The Balaban J connectivity index is 0. The minimum absolute atomic E-state index is 0. The zero-order valence-electron chi connectivity index (χ0n) is 8.02. The maximum atomic E-state index is 5.21. The van der Waals surface area contributed by atoms with Crippen molar-refractivity contribution in [1.29, 1.82) is 0 Å². The van der Waals surface area contributed by atoms with Crippen LogP contribution in [0, 0.1) is 6.92 Å². The van der Waals surface area contributed by atoms with Gasteiger partial charge in [-0.2, -0.15) is 6.42 Å². The van der Waals surface area contributed by atoms with Crippen LogP contribution in [0.25, 0.3) is 0 Å². The summed E-state index contributed by atoms with van der Waals surface area (Å²) < 4.78 is 5.21. The Bertz CT molecular complexity index is 69.1. The van der Waals surface area contributed by atoms with Crippen molar-refractivity contribution in [3.8, 4) is 0 Å². The van der Waals surface area contributed by atoms with Crippen LogP contribution in [0.5, 0.6) is 0 Å². The first kappa shape index (κ1) is 14.1. The molecule has 0 spiro atoms. The van der Waals surface area contributed by atoms with Crippen molar-refractivity contribution in [3.63, 3.8) is 0 Å². The molecule has 0 aliphatic heterocycles. The second kappa shape index (κ2) is 10.5. The molecule has 3 heteroatoms. The van der Waals surface area contributed by atoms with Gasteiger partial charge in [-0.25, -0.2) is 0 Å². The summed E-state index contributed by atoms with van der Waals surface area (Å²) in [4.78, 5) is 0. The molecule has 0 rings (SSSR count). The first-order chi connectivity index (χ1) is 4.77. The molecule has 0 aliphatic rings. The molecule has 0 aliphatic carbocycles. The van der Waals surface area contributed by atoms with Gasteiger partial charge in [0, 0.05) is 19.2 Å². The van der Waals surface area contributed by atoms with E-state index in [0.29, 0.717) is 6.04 Å². The molecule has 0 aromatic rings. The van der Waals surface area contributed by atoms with Gasteiger partial charge in [0.05, 0.1) is 6.61 Å². The van der Waals surface area contributed by atoms with E-state index in [1.165, 1.54) is 0 Å². The molecule has 0 aromatic carbocycles. The van der Waals surface area contributed by atoms with Gasteiger partial charge >= 0.3 is 18.9 Å². The molecule has 0 amide bonds. The van der Waals surface area contributed by atoms with Crippen LogP contribution in [0.15, 0.2) is 0 Å². The van der Waals surface area contributed by atoms with E-state index < -0.39 is 0 Å². The molecule has 1 N–H and O–H groups in total. The predicted octanol–water partition coefficient (Wildman–Crippen LogP) is -1.77. The van der Waals surface area contributed by atoms with Crippen LogP contribution >= 0.6 is 0 Å². The fourth-order valence-corrected chi connectivity index (χ4v) is 0.624. The molecule has 0 atom stereocenters. The Morgan fingerprint density at radius 2 is 2.00 bits per heavy atom. The predicted molar refractivity (Wildman–Crippen MR) is 43.9 cm³/mol. The minimum atomic E-state index is 0. The first-order valence-electron chi connectivity index (χ1n) is 3.87. The quantitative estimate of drug-likeness (QED) is 0.275. The number of nitrogens with one attached hydrogen (secondary N) is 1. The first-order valence-corrected chi connectivity index (χ1v) is 3.87. The third kappa shape index (κ3) is 13.5. The van der Waals surface area contributed by atoms with Crippen molar-refractivity contribution in [2.75, 3.05) is 19.8 Å². The van der Waals surface area contributed by atoms with E-state index in [4.69, 9.17) is 4.74 Å². The summed E-state index contributed by atoms with van der Waals surface area (Å²) >= 11 is 0. The van der Waals surface area contributed by atoms with Crippen LogP contribution < -0.4 is 24.2 Å². The second-order valence-electron chi connectivity index (χ2n) is 2.57. The fraction of sp³-hybridized carbons (Fsp3) is 0.875. The zero-order chi connectivity index (χ0) is 7.82. The zero-order valence-corrected chi connectivity index (χ0v) is 8.02. The summed E-state index contributed by atoms with van der Waals surface area (Å²) in [5.74, 6) is 0. The van der Waals surface area contributed by atoms with Crippen molar-refractivity contribution in [3.05, 3.63) is 6.92 Å². The average Bonchev–Trinajstić information content (AvgIpc) is 1.87. The Morgan fingerprint density at radius 1 is 1.36 bits per heavy atom. The molecule has 0 aromatic heterocycles. The monoisotopic (exact) mass is 151 g/mol. The van der Waals surface area contributed by atoms with Gasteiger partial charge in [0.1, 0.15) is 0 Å². The van der Waals surface area contributed by atoms with E-state index in [-0.39, 0.29) is 18.9 Å². The summed E-state index contributed by atoms with van der Waals surface area (Å²) in [6, 6.07) is 0.559. The molecule has 0 radical (unpaired) electrons. The van der Waals surface area contributed by atoms with Crippen molar-refractivity contribution >= 4 is 0 Å². The van der Waals surface area contributed by atoms with Gasteiger partial charge in [-0.1, -0.05) is 13.8 Å². The summed E-state index contributed by atoms with van der Waals surface area (Å²) in [5.41, 5.74) is 0. The van der Waals surface area contributed by atoms with Crippen LogP contribution in [0.4, 0.5) is 0 Å². The van der Waals surface area contributed by atoms with Crippen molar-refractivity contribution in [1.82, 2.24) is 5.32 Å². The number of hydrogen-bond donors (Lipinski definition) is 1. The van der Waals surface area contributed by atoms with Crippen LogP contribution in [0.1, 0.15) is 20.3 Å². The minimum Gasteiger partial charge on any atom is -0.383 e.